The summed E-state index contributed by atoms with van der Waals surface area (Å²) in [6.45, 7) is 0. The molecule has 0 spiro atoms. The number of halogens is 1. The minimum absolute atomic E-state index is 0.0975. The van der Waals surface area contributed by atoms with E-state index in [-0.39, 0.29) is 22.5 Å². The largest absolute Gasteiger partial charge is 0.508 e. The van der Waals surface area contributed by atoms with Crippen LogP contribution in [-0.4, -0.2) is 55.6 Å². The summed E-state index contributed by atoms with van der Waals surface area (Å²) < 4.78 is 17.2. The van der Waals surface area contributed by atoms with Gasteiger partial charge in [-0.3, -0.25) is 4.79 Å². The van der Waals surface area contributed by atoms with E-state index >= 15 is 0 Å². The van der Waals surface area contributed by atoms with Gasteiger partial charge in [-0.1, -0.05) is 34.7 Å². The molecule has 2 heterocycles. The summed E-state index contributed by atoms with van der Waals surface area (Å²) in [5.41, 5.74) is 0.992. The number of phenolic OH excluding ortho intramolecular Hbond substituents is 1. The molecule has 8 nitrogen and oxygen atoms in total. The van der Waals surface area contributed by atoms with E-state index in [0.29, 0.717) is 20.9 Å². The lowest BCUT2D eigenvalue weighted by Gasteiger charge is -2.39. The standard InChI is InChI=1S/C21H19IO8/c22-8-16-18(25)19(26)20(27)21(30-16)29-12-5-6-13-15(7-12)28-9-14(17(13)24)10-1-3-11(23)4-2-10/h1-7,9,16,18-21,23,25-27H,8H2/t16?,18-,19?,20+,21-/m1/s1. The fourth-order valence-corrected chi connectivity index (χ4v) is 4.03. The molecule has 1 aromatic heterocycles. The van der Waals surface area contributed by atoms with E-state index in [1.807, 2.05) is 22.6 Å². The van der Waals surface area contributed by atoms with Crippen LogP contribution in [-0.2, 0) is 4.74 Å². The fourth-order valence-electron chi connectivity index (χ4n) is 3.30. The maximum absolute atomic E-state index is 12.8. The SMILES string of the molecule is O=c1c(-c2ccc(O)cc2)coc2cc(O[C@@H]3OC(CI)[C@@H](O)C(O)[C@@H]3O)ccc12. The van der Waals surface area contributed by atoms with E-state index in [9.17, 15) is 25.2 Å². The topological polar surface area (TPSA) is 130 Å². The molecule has 3 aromatic rings. The number of hydrogen-bond donors (Lipinski definition) is 4. The number of aliphatic hydroxyl groups excluding tert-OH is 3. The molecule has 30 heavy (non-hydrogen) atoms. The van der Waals surface area contributed by atoms with E-state index in [0.717, 1.165) is 0 Å². The second-order valence-electron chi connectivity index (χ2n) is 6.97. The quantitative estimate of drug-likeness (QED) is 0.299. The van der Waals surface area contributed by atoms with Gasteiger partial charge in [-0.15, -0.1) is 0 Å². The lowest BCUT2D eigenvalue weighted by molar-refractivity contribution is -0.266. The highest BCUT2D eigenvalue weighted by Gasteiger charge is 2.44. The molecular formula is C21H19IO8. The number of phenols is 1. The van der Waals surface area contributed by atoms with Gasteiger partial charge in [0.1, 0.15) is 41.7 Å². The molecule has 1 aliphatic heterocycles. The van der Waals surface area contributed by atoms with Gasteiger partial charge in [-0.05, 0) is 29.8 Å². The molecule has 0 bridgehead atoms. The van der Waals surface area contributed by atoms with Gasteiger partial charge in [0.25, 0.3) is 0 Å². The fraction of sp³-hybridized carbons (Fsp3) is 0.286. The summed E-state index contributed by atoms with van der Waals surface area (Å²) in [4.78, 5) is 12.8. The summed E-state index contributed by atoms with van der Waals surface area (Å²) in [6, 6.07) is 10.8. The average molecular weight is 526 g/mol. The summed E-state index contributed by atoms with van der Waals surface area (Å²) in [5, 5.41) is 39.9. The first-order valence-electron chi connectivity index (χ1n) is 9.16. The van der Waals surface area contributed by atoms with Gasteiger partial charge in [0.15, 0.2) is 5.43 Å². The van der Waals surface area contributed by atoms with E-state index in [1.165, 1.54) is 36.6 Å². The van der Waals surface area contributed by atoms with Crippen LogP contribution in [0.3, 0.4) is 0 Å². The first-order chi connectivity index (χ1) is 14.4. The third kappa shape index (κ3) is 3.91. The van der Waals surface area contributed by atoms with Crippen LogP contribution < -0.4 is 10.2 Å². The Labute approximate surface area is 184 Å². The summed E-state index contributed by atoms with van der Waals surface area (Å²) in [7, 11) is 0. The molecule has 4 N–H and O–H groups in total. The number of alkyl halides is 1. The molecule has 4 rings (SSSR count). The Morgan fingerprint density at radius 1 is 1.00 bits per heavy atom. The maximum Gasteiger partial charge on any atom is 0.229 e. The Kier molecular flexibility index (Phi) is 5.98. The Morgan fingerprint density at radius 3 is 2.43 bits per heavy atom. The first-order valence-corrected chi connectivity index (χ1v) is 10.7. The predicted octanol–water partition coefficient (Wildman–Crippen LogP) is 1.79. The molecule has 9 heteroatoms. The van der Waals surface area contributed by atoms with Crippen LogP contribution in [0.2, 0.25) is 0 Å². The Balaban J connectivity index is 1.62. The van der Waals surface area contributed by atoms with Crippen LogP contribution >= 0.6 is 22.6 Å². The zero-order chi connectivity index (χ0) is 21.4. The van der Waals surface area contributed by atoms with Crippen molar-refractivity contribution in [2.24, 2.45) is 0 Å². The Morgan fingerprint density at radius 2 is 1.73 bits per heavy atom. The minimum atomic E-state index is -1.45. The van der Waals surface area contributed by atoms with Gasteiger partial charge in [-0.2, -0.15) is 0 Å². The van der Waals surface area contributed by atoms with Crippen molar-refractivity contribution >= 4 is 33.6 Å². The van der Waals surface area contributed by atoms with Gasteiger partial charge in [-0.25, -0.2) is 0 Å². The molecule has 0 radical (unpaired) electrons. The van der Waals surface area contributed by atoms with Gasteiger partial charge < -0.3 is 34.3 Å². The summed E-state index contributed by atoms with van der Waals surface area (Å²) in [6.07, 6.45) is -4.62. The van der Waals surface area contributed by atoms with Gasteiger partial charge in [0.05, 0.1) is 17.1 Å². The van der Waals surface area contributed by atoms with Crippen LogP contribution in [0.15, 0.2) is 57.9 Å². The molecule has 2 unspecified atom stereocenters. The lowest BCUT2D eigenvalue weighted by atomic mass is 10.00. The van der Waals surface area contributed by atoms with Crippen LogP contribution in [0.5, 0.6) is 11.5 Å². The molecule has 0 saturated carbocycles. The Bertz CT molecular complexity index is 1090. The zero-order valence-electron chi connectivity index (χ0n) is 15.5. The van der Waals surface area contributed by atoms with Crippen LogP contribution in [0.1, 0.15) is 0 Å². The number of rotatable bonds is 4. The molecule has 5 atom stereocenters. The lowest BCUT2D eigenvalue weighted by Crippen LogP contribution is -2.59. The molecule has 1 fully saturated rings. The van der Waals surface area contributed by atoms with Crippen LogP contribution in [0.25, 0.3) is 22.1 Å². The molecule has 0 amide bonds. The number of benzene rings is 2. The molecule has 1 saturated heterocycles. The van der Waals surface area contributed by atoms with Crippen molar-refractivity contribution in [3.05, 3.63) is 59.0 Å². The highest BCUT2D eigenvalue weighted by atomic mass is 127. The zero-order valence-corrected chi connectivity index (χ0v) is 17.7. The second-order valence-corrected chi connectivity index (χ2v) is 7.85. The third-order valence-electron chi connectivity index (χ3n) is 5.00. The van der Waals surface area contributed by atoms with Gasteiger partial charge >= 0.3 is 0 Å². The van der Waals surface area contributed by atoms with Crippen molar-refractivity contribution in [1.82, 2.24) is 0 Å². The summed E-state index contributed by atoms with van der Waals surface area (Å²) >= 11 is 2.01. The predicted molar refractivity (Wildman–Crippen MR) is 116 cm³/mol. The number of hydrogen-bond acceptors (Lipinski definition) is 8. The van der Waals surface area contributed by atoms with Gasteiger partial charge in [0.2, 0.25) is 6.29 Å². The van der Waals surface area contributed by atoms with E-state index in [2.05, 4.69) is 0 Å². The van der Waals surface area contributed by atoms with Crippen molar-refractivity contribution in [3.63, 3.8) is 0 Å². The summed E-state index contributed by atoms with van der Waals surface area (Å²) in [5.74, 6) is 0.364. The monoisotopic (exact) mass is 526 g/mol. The van der Waals surface area contributed by atoms with Crippen molar-refractivity contribution in [2.75, 3.05) is 4.43 Å². The molecular weight excluding hydrogens is 507 g/mol. The van der Waals surface area contributed by atoms with E-state index in [1.54, 1.807) is 12.1 Å². The number of aromatic hydroxyl groups is 1. The van der Waals surface area contributed by atoms with Crippen molar-refractivity contribution < 1.29 is 34.3 Å². The van der Waals surface area contributed by atoms with Crippen molar-refractivity contribution in [2.45, 2.75) is 30.7 Å². The van der Waals surface area contributed by atoms with Crippen molar-refractivity contribution in [3.8, 4) is 22.6 Å². The first kappa shape index (κ1) is 21.1. The maximum atomic E-state index is 12.8. The number of ether oxygens (including phenoxy) is 2. The van der Waals surface area contributed by atoms with Crippen LogP contribution in [0.4, 0.5) is 0 Å². The smallest absolute Gasteiger partial charge is 0.229 e. The molecule has 158 valence electrons. The highest BCUT2D eigenvalue weighted by molar-refractivity contribution is 14.1. The number of aliphatic hydroxyl groups is 3. The molecule has 1 aliphatic rings. The molecule has 2 aromatic carbocycles. The highest BCUT2D eigenvalue weighted by Crippen LogP contribution is 2.28. The number of fused-ring (bicyclic) bond motifs is 1. The molecule has 0 aliphatic carbocycles. The van der Waals surface area contributed by atoms with Gasteiger partial charge in [0, 0.05) is 10.5 Å². The third-order valence-corrected chi connectivity index (χ3v) is 5.87. The Hall–Kier alpha value is -2.18. The minimum Gasteiger partial charge on any atom is -0.508 e. The van der Waals surface area contributed by atoms with Crippen molar-refractivity contribution in [1.29, 1.82) is 0 Å². The second kappa shape index (κ2) is 8.52. The normalized spacial score (nSPS) is 26.6. The van der Waals surface area contributed by atoms with E-state index < -0.39 is 30.7 Å². The average Bonchev–Trinajstić information content (AvgIpc) is 2.75. The van der Waals surface area contributed by atoms with E-state index in [4.69, 9.17) is 13.9 Å². The van der Waals surface area contributed by atoms with Crippen LogP contribution in [0, 0.1) is 0 Å².